The Morgan fingerprint density at radius 1 is 1.71 bits per heavy atom. The Kier molecular flexibility index (Phi) is 4.29. The van der Waals surface area contributed by atoms with Crippen LogP contribution in [0.5, 0.6) is 0 Å². The minimum absolute atomic E-state index is 0.0363. The molecule has 1 saturated heterocycles. The van der Waals surface area contributed by atoms with E-state index in [-0.39, 0.29) is 6.10 Å². The Morgan fingerprint density at radius 3 is 3.29 bits per heavy atom. The van der Waals surface area contributed by atoms with E-state index in [0.717, 1.165) is 0 Å². The molecule has 1 aromatic heterocycles. The van der Waals surface area contributed by atoms with Crippen molar-refractivity contribution in [3.05, 3.63) is 11.1 Å². The predicted octanol–water partition coefficient (Wildman–Crippen LogP) is 0.757. The molecule has 17 heavy (non-hydrogen) atoms. The number of carbonyl (C=O) groups is 1. The van der Waals surface area contributed by atoms with E-state index in [1.165, 1.54) is 18.4 Å². The third kappa shape index (κ3) is 3.39. The van der Waals surface area contributed by atoms with E-state index in [1.54, 1.807) is 5.38 Å². The first-order valence-electron chi connectivity index (χ1n) is 5.26. The lowest BCUT2D eigenvalue weighted by Gasteiger charge is -2.22. The molecule has 1 aromatic rings. The van der Waals surface area contributed by atoms with Crippen LogP contribution in [0.2, 0.25) is 0 Å². The fraction of sp³-hybridized carbons (Fsp3) is 0.600. The zero-order chi connectivity index (χ0) is 12.1. The second kappa shape index (κ2) is 5.95. The highest BCUT2D eigenvalue weighted by Gasteiger charge is 2.15. The maximum absolute atomic E-state index is 11.2. The van der Waals surface area contributed by atoms with E-state index in [4.69, 9.17) is 9.47 Å². The Labute approximate surface area is 103 Å². The smallest absolute Gasteiger partial charge is 0.357 e. The number of nitrogens with zero attached hydrogens (tertiary/aromatic N) is 1. The summed E-state index contributed by atoms with van der Waals surface area (Å²) in [5.74, 6) is -0.424. The van der Waals surface area contributed by atoms with Crippen LogP contribution in [0, 0.1) is 0 Å². The van der Waals surface area contributed by atoms with Crippen LogP contribution in [0.1, 0.15) is 10.5 Å². The largest absolute Gasteiger partial charge is 0.464 e. The van der Waals surface area contributed by atoms with Crippen LogP contribution in [0.3, 0.4) is 0 Å². The third-order valence-corrected chi connectivity index (χ3v) is 3.06. The van der Waals surface area contributed by atoms with Crippen LogP contribution in [-0.2, 0) is 14.2 Å². The number of esters is 1. The van der Waals surface area contributed by atoms with Crippen molar-refractivity contribution >= 4 is 22.4 Å². The molecule has 6 nitrogen and oxygen atoms in total. The van der Waals surface area contributed by atoms with Gasteiger partial charge in [0.05, 0.1) is 33.0 Å². The summed E-state index contributed by atoms with van der Waals surface area (Å²) in [4.78, 5) is 15.3. The fourth-order valence-electron chi connectivity index (χ4n) is 1.41. The first-order chi connectivity index (χ1) is 8.29. The summed E-state index contributed by atoms with van der Waals surface area (Å²) in [7, 11) is 1.34. The minimum atomic E-state index is -0.424. The van der Waals surface area contributed by atoms with Gasteiger partial charge in [0.25, 0.3) is 0 Å². The van der Waals surface area contributed by atoms with Crippen molar-refractivity contribution in [1.82, 2.24) is 4.98 Å². The van der Waals surface area contributed by atoms with Crippen molar-refractivity contribution in [2.45, 2.75) is 6.10 Å². The second-order valence-corrected chi connectivity index (χ2v) is 4.34. The first kappa shape index (κ1) is 12.3. The number of thiazole rings is 1. The number of nitrogens with one attached hydrogen (secondary N) is 1. The molecule has 2 heterocycles. The number of aromatic nitrogens is 1. The van der Waals surface area contributed by atoms with Crippen LogP contribution >= 0.6 is 11.3 Å². The van der Waals surface area contributed by atoms with Gasteiger partial charge in [-0.3, -0.25) is 0 Å². The molecule has 0 spiro atoms. The molecule has 1 fully saturated rings. The maximum atomic E-state index is 11.2. The van der Waals surface area contributed by atoms with Gasteiger partial charge in [0.1, 0.15) is 0 Å². The number of anilines is 1. The minimum Gasteiger partial charge on any atom is -0.464 e. The maximum Gasteiger partial charge on any atom is 0.357 e. The van der Waals surface area contributed by atoms with Gasteiger partial charge in [0, 0.05) is 11.9 Å². The Balaban J connectivity index is 1.82. The average Bonchev–Trinajstić information content (AvgIpc) is 2.85. The fourth-order valence-corrected chi connectivity index (χ4v) is 2.10. The third-order valence-electron chi connectivity index (χ3n) is 2.26. The molecule has 1 N–H and O–H groups in total. The summed E-state index contributed by atoms with van der Waals surface area (Å²) < 4.78 is 15.3. The average molecular weight is 258 g/mol. The van der Waals surface area contributed by atoms with E-state index in [9.17, 15) is 4.79 Å². The molecule has 0 aliphatic carbocycles. The van der Waals surface area contributed by atoms with Gasteiger partial charge in [-0.15, -0.1) is 11.3 Å². The van der Waals surface area contributed by atoms with Crippen LogP contribution in [0.15, 0.2) is 5.38 Å². The highest BCUT2D eigenvalue weighted by atomic mass is 32.1. The molecule has 1 unspecified atom stereocenters. The van der Waals surface area contributed by atoms with Crippen molar-refractivity contribution in [3.8, 4) is 0 Å². The van der Waals surface area contributed by atoms with Crippen molar-refractivity contribution in [2.24, 2.45) is 0 Å². The van der Waals surface area contributed by atoms with E-state index in [2.05, 4.69) is 15.0 Å². The molecule has 7 heteroatoms. The number of methoxy groups -OCH3 is 1. The number of ether oxygens (including phenoxy) is 3. The lowest BCUT2D eigenvalue weighted by Crippen LogP contribution is -2.34. The Hall–Kier alpha value is -1.18. The van der Waals surface area contributed by atoms with Crippen molar-refractivity contribution in [2.75, 3.05) is 38.8 Å². The quantitative estimate of drug-likeness (QED) is 0.804. The molecule has 0 bridgehead atoms. The lowest BCUT2D eigenvalue weighted by molar-refractivity contribution is -0.0818. The zero-order valence-corrected chi connectivity index (χ0v) is 10.3. The van der Waals surface area contributed by atoms with Crippen LogP contribution in [0.4, 0.5) is 5.13 Å². The van der Waals surface area contributed by atoms with E-state index < -0.39 is 5.97 Å². The molecule has 1 aliphatic heterocycles. The highest BCUT2D eigenvalue weighted by molar-refractivity contribution is 7.13. The summed E-state index contributed by atoms with van der Waals surface area (Å²) in [5.41, 5.74) is 0.320. The van der Waals surface area contributed by atoms with Gasteiger partial charge in [-0.25, -0.2) is 9.78 Å². The standard InChI is InChI=1S/C10H14N2O4S/c1-14-9(13)8-6-17-10(12-8)11-4-7-5-15-2-3-16-7/h6-7H,2-5H2,1H3,(H,11,12). The summed E-state index contributed by atoms with van der Waals surface area (Å²) in [6, 6.07) is 0. The van der Waals surface area contributed by atoms with E-state index in [0.29, 0.717) is 37.2 Å². The zero-order valence-electron chi connectivity index (χ0n) is 9.47. The summed E-state index contributed by atoms with van der Waals surface area (Å²) in [6.45, 7) is 2.48. The molecule has 0 aromatic carbocycles. The summed E-state index contributed by atoms with van der Waals surface area (Å²) >= 11 is 1.36. The van der Waals surface area contributed by atoms with Gasteiger partial charge in [0.15, 0.2) is 10.8 Å². The SMILES string of the molecule is COC(=O)c1csc(NCC2COCCO2)n1. The van der Waals surface area contributed by atoms with Crippen LogP contribution in [0.25, 0.3) is 0 Å². The summed E-state index contributed by atoms with van der Waals surface area (Å²) in [6.07, 6.45) is 0.0363. The molecule has 0 amide bonds. The lowest BCUT2D eigenvalue weighted by atomic mass is 10.3. The molecular weight excluding hydrogens is 244 g/mol. The molecule has 94 valence electrons. The normalized spacial score (nSPS) is 19.9. The second-order valence-electron chi connectivity index (χ2n) is 3.48. The van der Waals surface area contributed by atoms with Gasteiger partial charge in [0.2, 0.25) is 0 Å². The van der Waals surface area contributed by atoms with Crippen LogP contribution < -0.4 is 5.32 Å². The van der Waals surface area contributed by atoms with Gasteiger partial charge < -0.3 is 19.5 Å². The molecule has 0 radical (unpaired) electrons. The number of carbonyl (C=O) groups excluding carboxylic acids is 1. The first-order valence-corrected chi connectivity index (χ1v) is 6.14. The monoisotopic (exact) mass is 258 g/mol. The Bertz CT molecular complexity index is 376. The Morgan fingerprint density at radius 2 is 2.59 bits per heavy atom. The van der Waals surface area contributed by atoms with Crippen molar-refractivity contribution in [3.63, 3.8) is 0 Å². The van der Waals surface area contributed by atoms with E-state index >= 15 is 0 Å². The van der Waals surface area contributed by atoms with Crippen LogP contribution in [-0.4, -0.2) is 50.5 Å². The number of hydrogen-bond acceptors (Lipinski definition) is 7. The molecule has 1 atom stereocenters. The summed E-state index contributed by atoms with van der Waals surface area (Å²) in [5, 5.41) is 5.45. The predicted molar refractivity (Wildman–Crippen MR) is 62.5 cm³/mol. The van der Waals surface area contributed by atoms with Crippen molar-refractivity contribution < 1.29 is 19.0 Å². The number of hydrogen-bond donors (Lipinski definition) is 1. The van der Waals surface area contributed by atoms with Gasteiger partial charge in [-0.05, 0) is 0 Å². The molecule has 0 saturated carbocycles. The molecular formula is C10H14N2O4S. The van der Waals surface area contributed by atoms with Crippen molar-refractivity contribution in [1.29, 1.82) is 0 Å². The van der Waals surface area contributed by atoms with Gasteiger partial charge in [-0.2, -0.15) is 0 Å². The topological polar surface area (TPSA) is 69.7 Å². The molecule has 2 rings (SSSR count). The highest BCUT2D eigenvalue weighted by Crippen LogP contribution is 2.16. The van der Waals surface area contributed by atoms with Gasteiger partial charge in [-0.1, -0.05) is 0 Å². The van der Waals surface area contributed by atoms with E-state index in [1.807, 2.05) is 0 Å². The van der Waals surface area contributed by atoms with Gasteiger partial charge >= 0.3 is 5.97 Å². The molecule has 1 aliphatic rings. The number of rotatable bonds is 4.